The van der Waals surface area contributed by atoms with Crippen molar-refractivity contribution in [1.29, 1.82) is 0 Å². The van der Waals surface area contributed by atoms with Crippen molar-refractivity contribution in [2.24, 2.45) is 16.6 Å². The van der Waals surface area contributed by atoms with Crippen LogP contribution in [0.3, 0.4) is 0 Å². The van der Waals surface area contributed by atoms with Gasteiger partial charge in [0.05, 0.1) is 17.2 Å². The molecule has 1 fully saturated rings. The third kappa shape index (κ3) is 6.56. The van der Waals surface area contributed by atoms with Crippen LogP contribution in [0.25, 0.3) is 5.52 Å². The number of fused-ring (bicyclic) bond motifs is 1. The maximum atomic E-state index is 12.6. The normalized spacial score (nSPS) is 22.7. The molecule has 0 saturated carbocycles. The number of aromatic nitrogens is 3. The fourth-order valence-corrected chi connectivity index (χ4v) is 3.52. The first-order chi connectivity index (χ1) is 17.6. The first-order valence-corrected chi connectivity index (χ1v) is 12.0. The Morgan fingerprint density at radius 1 is 1.11 bits per heavy atom. The predicted octanol–water partition coefficient (Wildman–Crippen LogP) is 0.903. The number of nitrogens with zero attached hydrogens (tertiary/aromatic N) is 3. The lowest BCUT2D eigenvalue weighted by Gasteiger charge is -2.25. The van der Waals surface area contributed by atoms with Crippen molar-refractivity contribution in [2.75, 3.05) is 18.7 Å². The van der Waals surface area contributed by atoms with Gasteiger partial charge in [-0.2, -0.15) is 5.10 Å². The zero-order chi connectivity index (χ0) is 28.4. The van der Waals surface area contributed by atoms with Crippen LogP contribution < -0.4 is 11.1 Å². The van der Waals surface area contributed by atoms with E-state index in [0.717, 1.165) is 0 Å². The van der Waals surface area contributed by atoms with E-state index in [1.807, 2.05) is 20.8 Å². The molecule has 1 saturated heterocycles. The molecular weight excluding hydrogens is 502 g/mol. The maximum Gasteiger partial charge on any atom is 0.511 e. The molecule has 14 heteroatoms. The van der Waals surface area contributed by atoms with Gasteiger partial charge in [-0.05, 0) is 38.3 Å². The van der Waals surface area contributed by atoms with E-state index in [1.54, 1.807) is 32.9 Å². The van der Waals surface area contributed by atoms with Gasteiger partial charge in [0.1, 0.15) is 42.9 Å². The fourth-order valence-electron chi connectivity index (χ4n) is 3.52. The van der Waals surface area contributed by atoms with Gasteiger partial charge in [0.25, 0.3) is 0 Å². The van der Waals surface area contributed by atoms with Crippen molar-refractivity contribution in [1.82, 2.24) is 14.6 Å². The molecule has 0 bridgehead atoms. The highest BCUT2D eigenvalue weighted by atomic mass is 16.8. The zero-order valence-corrected chi connectivity index (χ0v) is 22.2. The Labute approximate surface area is 219 Å². The van der Waals surface area contributed by atoms with Crippen molar-refractivity contribution < 1.29 is 43.5 Å². The molecule has 5 atom stereocenters. The molecule has 210 valence electrons. The van der Waals surface area contributed by atoms with Crippen LogP contribution in [0, 0.1) is 10.8 Å². The minimum atomic E-state index is -1.40. The summed E-state index contributed by atoms with van der Waals surface area (Å²) < 4.78 is 21.6. The first-order valence-electron chi connectivity index (χ1n) is 12.0. The van der Waals surface area contributed by atoms with E-state index in [-0.39, 0.29) is 5.82 Å². The standard InChI is InChI=1S/C24H35N5O9/c1-23(2,3)18(25)20(32)28-19-13-8-7-12(29(13)27-10-26-19)17-16(31)15(30)14(38-17)9-35-22(34)37-11-36-21(33)24(4,5)6/h7-8,10,14-18,30-31H,9,11,25H2,1-6H3,(H,26,27,28,32)/t14-,15-,16-,17+,18-/m1/s1. The van der Waals surface area contributed by atoms with Crippen molar-refractivity contribution in [3.8, 4) is 0 Å². The van der Waals surface area contributed by atoms with Crippen LogP contribution in [0.5, 0.6) is 0 Å². The summed E-state index contributed by atoms with van der Waals surface area (Å²) in [6, 6.07) is 2.43. The summed E-state index contributed by atoms with van der Waals surface area (Å²) in [7, 11) is 0. The molecule has 1 amide bonds. The quantitative estimate of drug-likeness (QED) is 0.288. The van der Waals surface area contributed by atoms with Gasteiger partial charge in [-0.3, -0.25) is 9.59 Å². The van der Waals surface area contributed by atoms with Crippen molar-refractivity contribution >= 4 is 29.4 Å². The highest BCUT2D eigenvalue weighted by Crippen LogP contribution is 2.35. The minimum absolute atomic E-state index is 0.207. The molecule has 1 aliphatic rings. The van der Waals surface area contributed by atoms with Gasteiger partial charge in [0.2, 0.25) is 12.7 Å². The zero-order valence-electron chi connectivity index (χ0n) is 22.2. The second kappa shape index (κ2) is 11.2. The van der Waals surface area contributed by atoms with Gasteiger partial charge in [-0.15, -0.1) is 0 Å². The van der Waals surface area contributed by atoms with Crippen LogP contribution in [-0.4, -0.2) is 80.6 Å². The van der Waals surface area contributed by atoms with Gasteiger partial charge >= 0.3 is 12.1 Å². The maximum absolute atomic E-state index is 12.6. The Balaban J connectivity index is 1.64. The Bertz CT molecular complexity index is 1170. The predicted molar refractivity (Wildman–Crippen MR) is 132 cm³/mol. The molecule has 3 rings (SSSR count). The number of esters is 1. The average molecular weight is 538 g/mol. The smallest absolute Gasteiger partial charge is 0.431 e. The number of anilines is 1. The molecule has 0 aliphatic carbocycles. The summed E-state index contributed by atoms with van der Waals surface area (Å²) >= 11 is 0. The van der Waals surface area contributed by atoms with E-state index < -0.39 is 72.7 Å². The molecule has 0 aromatic carbocycles. The van der Waals surface area contributed by atoms with E-state index >= 15 is 0 Å². The Morgan fingerprint density at radius 2 is 1.79 bits per heavy atom. The van der Waals surface area contributed by atoms with Crippen LogP contribution in [0.2, 0.25) is 0 Å². The third-order valence-corrected chi connectivity index (χ3v) is 5.94. The number of hydrogen-bond acceptors (Lipinski definition) is 12. The first kappa shape index (κ1) is 29.2. The van der Waals surface area contributed by atoms with Gasteiger partial charge < -0.3 is 40.2 Å². The molecule has 2 aromatic heterocycles. The molecule has 5 N–H and O–H groups in total. The largest absolute Gasteiger partial charge is 0.511 e. The number of hydrogen-bond donors (Lipinski definition) is 4. The number of aliphatic hydroxyl groups excluding tert-OH is 2. The SMILES string of the molecule is CC(C)(C)C(=O)OCOC(=O)OC[C@H]1O[C@@H](c2ccc3c(NC(=O)[C@@H](N)C(C)(C)C)ncnn23)[C@H](O)[C@@H]1O. The molecule has 0 spiro atoms. The number of ether oxygens (including phenoxy) is 4. The van der Waals surface area contributed by atoms with Crippen molar-refractivity contribution in [3.63, 3.8) is 0 Å². The van der Waals surface area contributed by atoms with E-state index in [4.69, 9.17) is 24.7 Å². The van der Waals surface area contributed by atoms with E-state index in [9.17, 15) is 24.6 Å². The average Bonchev–Trinajstić information content (AvgIpc) is 3.37. The van der Waals surface area contributed by atoms with Crippen molar-refractivity contribution in [3.05, 3.63) is 24.2 Å². The van der Waals surface area contributed by atoms with Gasteiger partial charge in [0, 0.05) is 0 Å². The molecule has 14 nitrogen and oxygen atoms in total. The number of aliphatic hydroxyl groups is 2. The molecule has 0 unspecified atom stereocenters. The summed E-state index contributed by atoms with van der Waals surface area (Å²) in [4.78, 5) is 40.3. The number of rotatable bonds is 7. The van der Waals surface area contributed by atoms with Crippen molar-refractivity contribution in [2.45, 2.75) is 72.0 Å². The second-order valence-corrected chi connectivity index (χ2v) is 11.1. The van der Waals surface area contributed by atoms with E-state index in [1.165, 1.54) is 10.8 Å². The highest BCUT2D eigenvalue weighted by Gasteiger charge is 2.45. The molecular formula is C24H35N5O9. The Hall–Kier alpha value is -3.33. The molecule has 1 aliphatic heterocycles. The van der Waals surface area contributed by atoms with Gasteiger partial charge in [-0.25, -0.2) is 14.3 Å². The highest BCUT2D eigenvalue weighted by molar-refractivity contribution is 5.97. The molecule has 3 heterocycles. The van der Waals surface area contributed by atoms with Gasteiger partial charge in [0.15, 0.2) is 5.82 Å². The number of amides is 1. The topological polar surface area (TPSA) is 197 Å². The van der Waals surface area contributed by atoms with E-state index in [2.05, 4.69) is 15.4 Å². The third-order valence-electron chi connectivity index (χ3n) is 5.94. The fraction of sp³-hybridized carbons (Fsp3) is 0.625. The number of carbonyl (C=O) groups is 3. The van der Waals surface area contributed by atoms with Crippen LogP contribution in [0.1, 0.15) is 53.3 Å². The summed E-state index contributed by atoms with van der Waals surface area (Å²) in [5.41, 5.74) is 5.58. The summed E-state index contributed by atoms with van der Waals surface area (Å²) in [5.74, 6) is -0.779. The van der Waals surface area contributed by atoms with Crippen LogP contribution in [-0.2, 0) is 28.5 Å². The monoisotopic (exact) mass is 537 g/mol. The van der Waals surface area contributed by atoms with Crippen LogP contribution in [0.15, 0.2) is 18.5 Å². The number of nitrogens with two attached hydrogens (primary N) is 1. The Kier molecular flexibility index (Phi) is 8.61. The minimum Gasteiger partial charge on any atom is -0.431 e. The van der Waals surface area contributed by atoms with Crippen LogP contribution in [0.4, 0.5) is 10.6 Å². The van der Waals surface area contributed by atoms with Crippen LogP contribution >= 0.6 is 0 Å². The lowest BCUT2D eigenvalue weighted by molar-refractivity contribution is -0.163. The molecule has 0 radical (unpaired) electrons. The summed E-state index contributed by atoms with van der Waals surface area (Å²) in [6.45, 7) is 9.39. The second-order valence-electron chi connectivity index (χ2n) is 11.1. The summed E-state index contributed by atoms with van der Waals surface area (Å²) in [5, 5.41) is 28.0. The lowest BCUT2D eigenvalue weighted by atomic mass is 9.87. The molecule has 38 heavy (non-hydrogen) atoms. The van der Waals surface area contributed by atoms with Gasteiger partial charge in [-0.1, -0.05) is 20.8 Å². The number of nitrogens with one attached hydrogen (secondary N) is 1. The molecule has 2 aromatic rings. The lowest BCUT2D eigenvalue weighted by Crippen LogP contribution is -2.45. The number of carbonyl (C=O) groups excluding carboxylic acids is 3. The Morgan fingerprint density at radius 3 is 2.42 bits per heavy atom. The summed E-state index contributed by atoms with van der Waals surface area (Å²) in [6.07, 6.45) is -4.84. The van der Waals surface area contributed by atoms with E-state index in [0.29, 0.717) is 11.2 Å².